The van der Waals surface area contributed by atoms with Crippen LogP contribution in [0, 0.1) is 12.3 Å². The van der Waals surface area contributed by atoms with Gasteiger partial charge in [-0.2, -0.15) is 0 Å². The number of nitrogens with zero attached hydrogens (tertiary/aromatic N) is 2. The molecule has 2 aliphatic rings. The summed E-state index contributed by atoms with van der Waals surface area (Å²) >= 11 is 0. The average molecular weight is 438 g/mol. The van der Waals surface area contributed by atoms with Gasteiger partial charge in [0.2, 0.25) is 0 Å². The Bertz CT molecular complexity index is 1180. The minimum atomic E-state index is -0.241. The number of nitrogen functional groups attached to an aromatic ring is 1. The van der Waals surface area contributed by atoms with Crippen molar-refractivity contribution < 1.29 is 9.53 Å². The number of fused-ring (bicyclic) bond motifs is 3. The van der Waals surface area contributed by atoms with Crippen LogP contribution in [-0.4, -0.2) is 48.7 Å². The van der Waals surface area contributed by atoms with Gasteiger partial charge in [-0.1, -0.05) is 54.5 Å². The highest BCUT2D eigenvalue weighted by atomic mass is 16.6. The minimum Gasteiger partial charge on any atom is -0.448 e. The number of carbonyl (C=O) groups is 1. The molecule has 0 aromatic heterocycles. The fraction of sp³-hybridized carbons (Fsp3) is 0.250. The van der Waals surface area contributed by atoms with E-state index in [1.165, 1.54) is 22.3 Å². The zero-order chi connectivity index (χ0) is 22.8. The first-order chi connectivity index (χ1) is 16.1. The van der Waals surface area contributed by atoms with Gasteiger partial charge in [0.15, 0.2) is 0 Å². The van der Waals surface area contributed by atoms with E-state index in [1.807, 2.05) is 24.3 Å². The number of rotatable bonds is 4. The van der Waals surface area contributed by atoms with Gasteiger partial charge in [-0.05, 0) is 46.0 Å². The Labute approximate surface area is 194 Å². The summed E-state index contributed by atoms with van der Waals surface area (Å²) in [6.07, 6.45) is 5.28. The summed E-state index contributed by atoms with van der Waals surface area (Å²) in [4.78, 5) is 16.9. The molecule has 0 atom stereocenters. The van der Waals surface area contributed by atoms with Gasteiger partial charge in [0, 0.05) is 49.9 Å². The molecule has 5 rings (SSSR count). The van der Waals surface area contributed by atoms with Crippen LogP contribution in [0.4, 0.5) is 10.5 Å². The molecule has 1 amide bonds. The third-order valence-corrected chi connectivity index (χ3v) is 6.55. The van der Waals surface area contributed by atoms with Crippen molar-refractivity contribution in [3.8, 4) is 23.5 Å². The molecule has 5 nitrogen and oxygen atoms in total. The molecule has 0 spiro atoms. The van der Waals surface area contributed by atoms with E-state index < -0.39 is 0 Å². The lowest BCUT2D eigenvalue weighted by molar-refractivity contribution is 0.0728. The van der Waals surface area contributed by atoms with Crippen molar-refractivity contribution in [3.05, 3.63) is 89.0 Å². The molecule has 33 heavy (non-hydrogen) atoms. The summed E-state index contributed by atoms with van der Waals surface area (Å²) < 4.78 is 5.81. The number of hydrogen-bond donors (Lipinski definition) is 1. The summed E-state index contributed by atoms with van der Waals surface area (Å²) in [5.74, 6) is 2.73. The second-order valence-corrected chi connectivity index (χ2v) is 8.67. The zero-order valence-corrected chi connectivity index (χ0v) is 18.5. The van der Waals surface area contributed by atoms with Gasteiger partial charge in [-0.15, -0.1) is 6.42 Å². The van der Waals surface area contributed by atoms with Gasteiger partial charge in [0.05, 0.1) is 0 Å². The molecule has 3 aromatic carbocycles. The number of nitrogens with two attached hydrogens (primary N) is 1. The van der Waals surface area contributed by atoms with Gasteiger partial charge < -0.3 is 15.4 Å². The van der Waals surface area contributed by atoms with E-state index in [-0.39, 0.29) is 12.0 Å². The Hall–Kier alpha value is -3.75. The van der Waals surface area contributed by atoms with Crippen molar-refractivity contribution in [1.82, 2.24) is 9.80 Å². The summed E-state index contributed by atoms with van der Waals surface area (Å²) in [5, 5.41) is 0. The highest BCUT2D eigenvalue weighted by Gasteiger charge is 2.30. The predicted molar refractivity (Wildman–Crippen MR) is 131 cm³/mol. The number of terminal acetylenes is 1. The van der Waals surface area contributed by atoms with Crippen LogP contribution in [-0.2, 0) is 11.3 Å². The molecule has 0 bridgehead atoms. The quantitative estimate of drug-likeness (QED) is 0.488. The minimum absolute atomic E-state index is 0.0801. The summed E-state index contributed by atoms with van der Waals surface area (Å²) in [6.45, 7) is 3.96. The van der Waals surface area contributed by atoms with E-state index in [9.17, 15) is 4.79 Å². The number of ether oxygens (including phenoxy) is 1. The first-order valence-corrected chi connectivity index (χ1v) is 11.3. The van der Waals surface area contributed by atoms with Crippen LogP contribution >= 0.6 is 0 Å². The third-order valence-electron chi connectivity index (χ3n) is 6.55. The number of benzene rings is 3. The summed E-state index contributed by atoms with van der Waals surface area (Å²) in [5.41, 5.74) is 13.5. The van der Waals surface area contributed by atoms with Crippen LogP contribution < -0.4 is 5.73 Å². The van der Waals surface area contributed by atoms with Crippen LogP contribution in [0.3, 0.4) is 0 Å². The van der Waals surface area contributed by atoms with Crippen molar-refractivity contribution >= 4 is 11.8 Å². The molecular formula is C28H27N3O2. The van der Waals surface area contributed by atoms with Crippen molar-refractivity contribution in [2.24, 2.45) is 0 Å². The fourth-order valence-electron chi connectivity index (χ4n) is 4.93. The molecule has 5 heteroatoms. The molecule has 166 valence electrons. The number of anilines is 1. The summed E-state index contributed by atoms with van der Waals surface area (Å²) in [6, 6.07) is 22.5. The lowest BCUT2D eigenvalue weighted by atomic mass is 9.98. The van der Waals surface area contributed by atoms with Gasteiger partial charge >= 0.3 is 6.09 Å². The largest absolute Gasteiger partial charge is 0.448 e. The van der Waals surface area contributed by atoms with E-state index in [0.717, 1.165) is 30.8 Å². The second kappa shape index (κ2) is 9.01. The highest BCUT2D eigenvalue weighted by Crippen LogP contribution is 2.44. The Balaban J connectivity index is 1.17. The molecule has 2 N–H and O–H groups in total. The Kier molecular flexibility index (Phi) is 5.77. The summed E-state index contributed by atoms with van der Waals surface area (Å²) in [7, 11) is 0. The van der Waals surface area contributed by atoms with E-state index in [2.05, 4.69) is 47.2 Å². The van der Waals surface area contributed by atoms with Gasteiger partial charge in [0.25, 0.3) is 0 Å². The molecule has 1 aliphatic heterocycles. The monoisotopic (exact) mass is 437 g/mol. The number of hydrogen-bond acceptors (Lipinski definition) is 4. The molecule has 3 aromatic rings. The molecule has 0 radical (unpaired) electrons. The molecule has 1 aliphatic carbocycles. The second-order valence-electron chi connectivity index (χ2n) is 8.67. The number of piperazine rings is 1. The van der Waals surface area contributed by atoms with E-state index in [4.69, 9.17) is 16.9 Å². The van der Waals surface area contributed by atoms with Crippen LogP contribution in [0.25, 0.3) is 11.1 Å². The van der Waals surface area contributed by atoms with Crippen molar-refractivity contribution in [3.63, 3.8) is 0 Å². The van der Waals surface area contributed by atoms with Crippen LogP contribution in [0.15, 0.2) is 66.7 Å². The first-order valence-electron chi connectivity index (χ1n) is 11.3. The van der Waals surface area contributed by atoms with Gasteiger partial charge in [-0.3, -0.25) is 4.90 Å². The predicted octanol–water partition coefficient (Wildman–Crippen LogP) is 4.32. The lowest BCUT2D eigenvalue weighted by Crippen LogP contribution is -2.48. The maximum absolute atomic E-state index is 12.8. The normalized spacial score (nSPS) is 15.5. The maximum Gasteiger partial charge on any atom is 0.409 e. The lowest BCUT2D eigenvalue weighted by Gasteiger charge is -2.34. The average Bonchev–Trinajstić information content (AvgIpc) is 3.16. The van der Waals surface area contributed by atoms with Crippen LogP contribution in [0.1, 0.15) is 28.2 Å². The zero-order valence-electron chi connectivity index (χ0n) is 18.5. The third kappa shape index (κ3) is 4.30. The Morgan fingerprint density at radius 3 is 2.24 bits per heavy atom. The van der Waals surface area contributed by atoms with E-state index in [0.29, 0.717) is 25.4 Å². The standard InChI is InChI=1S/C28H27N3O2/c1-2-20-15-21(17-22(29)16-20)18-30-11-13-31(14-12-30)28(32)33-19-27-25-9-5-3-7-23(25)24-8-4-6-10-26(24)27/h1,3-10,15-17,27H,11-14,18-19,29H2. The van der Waals surface area contributed by atoms with Gasteiger partial charge in [0.1, 0.15) is 6.61 Å². The molecule has 0 unspecified atom stereocenters. The van der Waals surface area contributed by atoms with E-state index in [1.54, 1.807) is 11.0 Å². The van der Waals surface area contributed by atoms with Crippen molar-refractivity contribution in [2.75, 3.05) is 38.5 Å². The SMILES string of the molecule is C#Cc1cc(N)cc(CN2CCN(C(=O)OCC3c4ccccc4-c4ccccc43)CC2)c1. The Morgan fingerprint density at radius 2 is 1.61 bits per heavy atom. The highest BCUT2D eigenvalue weighted by molar-refractivity contribution is 5.79. The van der Waals surface area contributed by atoms with E-state index >= 15 is 0 Å². The molecule has 1 saturated heterocycles. The number of amides is 1. The van der Waals surface area contributed by atoms with Crippen LogP contribution in [0.2, 0.25) is 0 Å². The van der Waals surface area contributed by atoms with Gasteiger partial charge in [-0.25, -0.2) is 4.79 Å². The molecule has 1 fully saturated rings. The Morgan fingerprint density at radius 1 is 0.970 bits per heavy atom. The topological polar surface area (TPSA) is 58.8 Å². The van der Waals surface area contributed by atoms with Crippen LogP contribution in [0.5, 0.6) is 0 Å². The van der Waals surface area contributed by atoms with Crippen molar-refractivity contribution in [1.29, 1.82) is 0 Å². The molecule has 1 heterocycles. The molecular weight excluding hydrogens is 410 g/mol. The number of carbonyl (C=O) groups excluding carboxylic acids is 1. The smallest absolute Gasteiger partial charge is 0.409 e. The molecule has 0 saturated carbocycles. The first kappa shape index (κ1) is 21.1. The van der Waals surface area contributed by atoms with Crippen molar-refractivity contribution in [2.45, 2.75) is 12.5 Å². The maximum atomic E-state index is 12.8. The fourth-order valence-corrected chi connectivity index (χ4v) is 4.93.